The first-order valence-electron chi connectivity index (χ1n) is 7.13. The fraction of sp³-hybridized carbons (Fsp3) is 0.412. The third-order valence-corrected chi connectivity index (χ3v) is 3.35. The van der Waals surface area contributed by atoms with E-state index < -0.39 is 0 Å². The minimum absolute atomic E-state index is 0.304. The summed E-state index contributed by atoms with van der Waals surface area (Å²) in [7, 11) is 1.99. The molecule has 0 amide bonds. The first-order chi connectivity index (χ1) is 9.33. The molecule has 0 fully saturated rings. The first-order valence-corrected chi connectivity index (χ1v) is 7.13. The number of benzene rings is 2. The minimum atomic E-state index is 0.304. The SMILES string of the molecule is CCCC(CCNC)Oc1ccc2ccccc2c1. The van der Waals surface area contributed by atoms with Gasteiger partial charge in [0.05, 0.1) is 6.10 Å². The summed E-state index contributed by atoms with van der Waals surface area (Å²) in [6.07, 6.45) is 3.62. The maximum atomic E-state index is 6.13. The van der Waals surface area contributed by atoms with Crippen molar-refractivity contribution in [2.24, 2.45) is 0 Å². The number of fused-ring (bicyclic) bond motifs is 1. The number of hydrogen-bond donors (Lipinski definition) is 1. The van der Waals surface area contributed by atoms with Crippen LogP contribution in [0.4, 0.5) is 0 Å². The van der Waals surface area contributed by atoms with Crippen molar-refractivity contribution >= 4 is 10.8 Å². The van der Waals surface area contributed by atoms with Gasteiger partial charge in [0.15, 0.2) is 0 Å². The van der Waals surface area contributed by atoms with Crippen molar-refractivity contribution in [2.45, 2.75) is 32.3 Å². The molecule has 2 rings (SSSR count). The monoisotopic (exact) mass is 257 g/mol. The molecule has 0 aliphatic carbocycles. The van der Waals surface area contributed by atoms with E-state index in [4.69, 9.17) is 4.74 Å². The van der Waals surface area contributed by atoms with Gasteiger partial charge in [-0.3, -0.25) is 0 Å². The second-order valence-corrected chi connectivity index (χ2v) is 4.93. The molecule has 19 heavy (non-hydrogen) atoms. The summed E-state index contributed by atoms with van der Waals surface area (Å²) >= 11 is 0. The molecule has 1 unspecified atom stereocenters. The lowest BCUT2D eigenvalue weighted by atomic mass is 10.1. The molecular weight excluding hydrogens is 234 g/mol. The Morgan fingerprint density at radius 3 is 2.58 bits per heavy atom. The highest BCUT2D eigenvalue weighted by Crippen LogP contribution is 2.22. The molecule has 102 valence electrons. The smallest absolute Gasteiger partial charge is 0.120 e. The lowest BCUT2D eigenvalue weighted by Crippen LogP contribution is -2.22. The molecule has 0 spiro atoms. The van der Waals surface area contributed by atoms with Crippen LogP contribution in [-0.4, -0.2) is 19.7 Å². The van der Waals surface area contributed by atoms with Crippen LogP contribution in [-0.2, 0) is 0 Å². The predicted octanol–water partition coefficient (Wildman–Crippen LogP) is 4.00. The van der Waals surface area contributed by atoms with Crippen molar-refractivity contribution in [3.8, 4) is 5.75 Å². The molecule has 0 saturated carbocycles. The van der Waals surface area contributed by atoms with E-state index in [0.717, 1.165) is 31.6 Å². The molecule has 1 N–H and O–H groups in total. The van der Waals surface area contributed by atoms with E-state index in [1.807, 2.05) is 7.05 Å². The van der Waals surface area contributed by atoms with Crippen LogP contribution >= 0.6 is 0 Å². The summed E-state index contributed by atoms with van der Waals surface area (Å²) in [5, 5.41) is 5.69. The molecule has 1 atom stereocenters. The molecule has 0 saturated heterocycles. The van der Waals surface area contributed by atoms with Crippen molar-refractivity contribution in [1.82, 2.24) is 5.32 Å². The molecule has 0 radical (unpaired) electrons. The first kappa shape index (κ1) is 13.9. The third kappa shape index (κ3) is 3.97. The topological polar surface area (TPSA) is 21.3 Å². The molecule has 0 aliphatic rings. The van der Waals surface area contributed by atoms with Crippen molar-refractivity contribution in [1.29, 1.82) is 0 Å². The van der Waals surface area contributed by atoms with Gasteiger partial charge < -0.3 is 10.1 Å². The predicted molar refractivity (Wildman–Crippen MR) is 81.8 cm³/mol. The van der Waals surface area contributed by atoms with Gasteiger partial charge in [-0.05, 0) is 49.3 Å². The lowest BCUT2D eigenvalue weighted by Gasteiger charge is -2.18. The Morgan fingerprint density at radius 1 is 1.05 bits per heavy atom. The van der Waals surface area contributed by atoms with E-state index in [1.54, 1.807) is 0 Å². The average Bonchev–Trinajstić information content (AvgIpc) is 2.45. The van der Waals surface area contributed by atoms with Crippen LogP contribution in [0.25, 0.3) is 10.8 Å². The van der Waals surface area contributed by atoms with E-state index in [0.29, 0.717) is 6.10 Å². The third-order valence-electron chi connectivity index (χ3n) is 3.35. The van der Waals surface area contributed by atoms with Gasteiger partial charge in [-0.15, -0.1) is 0 Å². The highest BCUT2D eigenvalue weighted by Gasteiger charge is 2.09. The largest absolute Gasteiger partial charge is 0.490 e. The van der Waals surface area contributed by atoms with E-state index in [2.05, 4.69) is 54.7 Å². The summed E-state index contributed by atoms with van der Waals surface area (Å²) in [4.78, 5) is 0. The average molecular weight is 257 g/mol. The van der Waals surface area contributed by atoms with Crippen LogP contribution in [0.5, 0.6) is 5.75 Å². The molecule has 2 aromatic carbocycles. The van der Waals surface area contributed by atoms with Crippen molar-refractivity contribution in [2.75, 3.05) is 13.6 Å². The number of ether oxygens (including phenoxy) is 1. The van der Waals surface area contributed by atoms with Gasteiger partial charge in [0.25, 0.3) is 0 Å². The second kappa shape index (κ2) is 7.15. The zero-order chi connectivity index (χ0) is 13.5. The Labute approximate surface area is 115 Å². The van der Waals surface area contributed by atoms with Crippen molar-refractivity contribution in [3.05, 3.63) is 42.5 Å². The summed E-state index contributed by atoms with van der Waals surface area (Å²) in [6.45, 7) is 3.20. The van der Waals surface area contributed by atoms with E-state index in [9.17, 15) is 0 Å². The molecule has 0 bridgehead atoms. The highest BCUT2D eigenvalue weighted by atomic mass is 16.5. The van der Waals surface area contributed by atoms with Crippen LogP contribution in [0.3, 0.4) is 0 Å². The zero-order valence-electron chi connectivity index (χ0n) is 11.9. The number of nitrogens with one attached hydrogen (secondary N) is 1. The van der Waals surface area contributed by atoms with Crippen molar-refractivity contribution in [3.63, 3.8) is 0 Å². The summed E-state index contributed by atoms with van der Waals surface area (Å²) in [5.74, 6) is 0.980. The van der Waals surface area contributed by atoms with Gasteiger partial charge in [0.1, 0.15) is 5.75 Å². The summed E-state index contributed by atoms with van der Waals surface area (Å²) in [5.41, 5.74) is 0. The Hall–Kier alpha value is -1.54. The van der Waals surface area contributed by atoms with Gasteiger partial charge in [-0.2, -0.15) is 0 Å². The molecule has 0 heterocycles. The van der Waals surface area contributed by atoms with Gasteiger partial charge >= 0.3 is 0 Å². The van der Waals surface area contributed by atoms with Gasteiger partial charge in [-0.1, -0.05) is 43.7 Å². The Bertz CT molecular complexity index is 509. The van der Waals surface area contributed by atoms with E-state index >= 15 is 0 Å². The quantitative estimate of drug-likeness (QED) is 0.809. The maximum absolute atomic E-state index is 6.13. The fourth-order valence-corrected chi connectivity index (χ4v) is 2.32. The Kier molecular flexibility index (Phi) is 5.22. The van der Waals surface area contributed by atoms with Crippen molar-refractivity contribution < 1.29 is 4.74 Å². The standard InChI is InChI=1S/C17H23NO/c1-3-6-16(11-12-18-2)19-17-10-9-14-7-4-5-8-15(14)13-17/h4-5,7-10,13,16,18H,3,6,11-12H2,1-2H3. The fourth-order valence-electron chi connectivity index (χ4n) is 2.32. The van der Waals surface area contributed by atoms with Crippen LogP contribution < -0.4 is 10.1 Å². The van der Waals surface area contributed by atoms with Crippen LogP contribution in [0.1, 0.15) is 26.2 Å². The normalized spacial score (nSPS) is 12.5. The molecular formula is C17H23NO. The van der Waals surface area contributed by atoms with Crippen LogP contribution in [0, 0.1) is 0 Å². The van der Waals surface area contributed by atoms with Gasteiger partial charge in [-0.25, -0.2) is 0 Å². The number of hydrogen-bond acceptors (Lipinski definition) is 2. The minimum Gasteiger partial charge on any atom is -0.490 e. The highest BCUT2D eigenvalue weighted by molar-refractivity contribution is 5.83. The summed E-state index contributed by atoms with van der Waals surface area (Å²) in [6, 6.07) is 14.7. The number of rotatable bonds is 7. The summed E-state index contributed by atoms with van der Waals surface area (Å²) < 4.78 is 6.13. The molecule has 2 heteroatoms. The Morgan fingerprint density at radius 2 is 1.84 bits per heavy atom. The maximum Gasteiger partial charge on any atom is 0.120 e. The zero-order valence-corrected chi connectivity index (χ0v) is 11.9. The van der Waals surface area contributed by atoms with E-state index in [-0.39, 0.29) is 0 Å². The molecule has 0 aliphatic heterocycles. The van der Waals surface area contributed by atoms with Gasteiger partial charge in [0.2, 0.25) is 0 Å². The van der Waals surface area contributed by atoms with Gasteiger partial charge in [0, 0.05) is 0 Å². The van der Waals surface area contributed by atoms with Crippen LogP contribution in [0.2, 0.25) is 0 Å². The molecule has 2 nitrogen and oxygen atoms in total. The lowest BCUT2D eigenvalue weighted by molar-refractivity contribution is 0.180. The van der Waals surface area contributed by atoms with Crippen LogP contribution in [0.15, 0.2) is 42.5 Å². The Balaban J connectivity index is 2.09. The van der Waals surface area contributed by atoms with E-state index in [1.165, 1.54) is 10.8 Å². The molecule has 0 aromatic heterocycles. The second-order valence-electron chi connectivity index (χ2n) is 4.93. The molecule has 2 aromatic rings.